The lowest BCUT2D eigenvalue weighted by Crippen LogP contribution is -2.24. The van der Waals surface area contributed by atoms with E-state index in [0.717, 1.165) is 26.8 Å². The maximum absolute atomic E-state index is 11.7. The lowest BCUT2D eigenvalue weighted by molar-refractivity contribution is 0.0953. The summed E-state index contributed by atoms with van der Waals surface area (Å²) in [6.45, 7) is 0.667. The van der Waals surface area contributed by atoms with Gasteiger partial charge in [-0.25, -0.2) is 0 Å². The highest BCUT2D eigenvalue weighted by atomic mass is 79.9. The van der Waals surface area contributed by atoms with Crippen molar-refractivity contribution in [3.8, 4) is 12.3 Å². The molecule has 1 heterocycles. The van der Waals surface area contributed by atoms with Crippen molar-refractivity contribution < 1.29 is 4.79 Å². The number of halogens is 2. The fourth-order valence-electron chi connectivity index (χ4n) is 1.14. The third kappa shape index (κ3) is 4.28. The second kappa shape index (κ2) is 7.10. The van der Waals surface area contributed by atoms with E-state index in [1.807, 2.05) is 6.07 Å². The van der Waals surface area contributed by atoms with Gasteiger partial charge in [0, 0.05) is 13.0 Å². The second-order valence-electron chi connectivity index (χ2n) is 3.16. The lowest BCUT2D eigenvalue weighted by atomic mass is 10.2. The predicted molar refractivity (Wildman–Crippen MR) is 74.7 cm³/mol. The average molecular weight is 365 g/mol. The summed E-state index contributed by atoms with van der Waals surface area (Å²) in [5.41, 5.74) is 0.675. The van der Waals surface area contributed by atoms with Gasteiger partial charge in [0.2, 0.25) is 0 Å². The van der Waals surface area contributed by atoms with Crippen LogP contribution in [-0.2, 0) is 0 Å². The van der Waals surface area contributed by atoms with Gasteiger partial charge in [-0.2, -0.15) is 0 Å². The minimum absolute atomic E-state index is 0.0467. The van der Waals surface area contributed by atoms with Crippen molar-refractivity contribution in [2.75, 3.05) is 6.54 Å². The molecule has 0 aliphatic heterocycles. The van der Waals surface area contributed by atoms with Crippen LogP contribution in [0.25, 0.3) is 0 Å². The molecule has 0 saturated heterocycles. The van der Waals surface area contributed by atoms with Gasteiger partial charge in [0.15, 0.2) is 0 Å². The number of carbonyl (C=O) groups excluding carboxylic acids is 1. The molecule has 1 amide bonds. The van der Waals surface area contributed by atoms with Gasteiger partial charge < -0.3 is 5.32 Å². The van der Waals surface area contributed by atoms with Gasteiger partial charge in [0.25, 0.3) is 5.91 Å². The van der Waals surface area contributed by atoms with Crippen LogP contribution in [0.2, 0.25) is 0 Å². The number of hydrogen-bond donors (Lipinski definition) is 1. The number of rotatable bonds is 5. The van der Waals surface area contributed by atoms with Crippen molar-refractivity contribution in [1.82, 2.24) is 5.32 Å². The van der Waals surface area contributed by atoms with E-state index in [1.54, 1.807) is 0 Å². The van der Waals surface area contributed by atoms with Crippen LogP contribution in [-0.4, -0.2) is 12.5 Å². The Labute approximate surface area is 116 Å². The van der Waals surface area contributed by atoms with E-state index in [1.165, 1.54) is 11.3 Å². The van der Waals surface area contributed by atoms with E-state index >= 15 is 0 Å². The molecule has 86 valence electrons. The Balaban J connectivity index is 2.36. The van der Waals surface area contributed by atoms with E-state index in [4.69, 9.17) is 6.42 Å². The fraction of sp³-hybridized carbons (Fsp3) is 0.364. The molecule has 0 fully saturated rings. The van der Waals surface area contributed by atoms with Crippen molar-refractivity contribution in [3.05, 3.63) is 19.2 Å². The molecule has 0 unspecified atom stereocenters. The Kier molecular flexibility index (Phi) is 6.10. The fourth-order valence-corrected chi connectivity index (χ4v) is 3.94. The van der Waals surface area contributed by atoms with E-state index in [-0.39, 0.29) is 5.91 Å². The zero-order valence-electron chi connectivity index (χ0n) is 8.56. The predicted octanol–water partition coefficient (Wildman–Crippen LogP) is 3.81. The van der Waals surface area contributed by atoms with Crippen LogP contribution >= 0.6 is 43.2 Å². The molecule has 0 spiro atoms. The van der Waals surface area contributed by atoms with Crippen LogP contribution in [0, 0.1) is 12.3 Å². The van der Waals surface area contributed by atoms with Gasteiger partial charge in [-0.3, -0.25) is 4.79 Å². The molecule has 5 heteroatoms. The summed E-state index contributed by atoms with van der Waals surface area (Å²) >= 11 is 8.18. The molecule has 0 aliphatic carbocycles. The maximum atomic E-state index is 11.7. The summed E-state index contributed by atoms with van der Waals surface area (Å²) in [5.74, 6) is 2.53. The van der Waals surface area contributed by atoms with Crippen molar-refractivity contribution in [2.24, 2.45) is 0 Å². The summed E-state index contributed by atoms with van der Waals surface area (Å²) in [6, 6.07) is 1.81. The van der Waals surface area contributed by atoms with Crippen molar-refractivity contribution >= 4 is 49.1 Å². The summed E-state index contributed by atoms with van der Waals surface area (Å²) in [6.07, 6.45) is 7.77. The number of thiophene rings is 1. The van der Waals surface area contributed by atoms with Crippen LogP contribution in [0.1, 0.15) is 29.6 Å². The first-order valence-corrected chi connectivity index (χ1v) is 7.22. The Morgan fingerprint density at radius 2 is 2.25 bits per heavy atom. The van der Waals surface area contributed by atoms with Gasteiger partial charge in [-0.15, -0.1) is 23.7 Å². The standard InChI is InChI=1S/C11H11Br2NOS/c1-2-3-4-5-6-14-11(15)8-7-9(12)16-10(8)13/h1,7H,3-6H2,(H,14,15). The topological polar surface area (TPSA) is 29.1 Å². The lowest BCUT2D eigenvalue weighted by Gasteiger charge is -2.02. The molecule has 16 heavy (non-hydrogen) atoms. The smallest absolute Gasteiger partial charge is 0.253 e. The van der Waals surface area contributed by atoms with Gasteiger partial charge in [0.05, 0.1) is 13.1 Å². The maximum Gasteiger partial charge on any atom is 0.253 e. The molecular weight excluding hydrogens is 354 g/mol. The minimum atomic E-state index is -0.0467. The first-order chi connectivity index (χ1) is 7.65. The largest absolute Gasteiger partial charge is 0.352 e. The Bertz CT molecular complexity index is 409. The van der Waals surface area contributed by atoms with E-state index < -0.39 is 0 Å². The van der Waals surface area contributed by atoms with Crippen molar-refractivity contribution in [1.29, 1.82) is 0 Å². The van der Waals surface area contributed by atoms with Crippen LogP contribution in [0.4, 0.5) is 0 Å². The monoisotopic (exact) mass is 363 g/mol. The highest BCUT2D eigenvalue weighted by Crippen LogP contribution is 2.31. The van der Waals surface area contributed by atoms with Gasteiger partial charge in [-0.05, 0) is 50.8 Å². The third-order valence-corrected chi connectivity index (χ3v) is 4.27. The summed E-state index contributed by atoms with van der Waals surface area (Å²) in [5, 5.41) is 2.86. The normalized spacial score (nSPS) is 9.81. The van der Waals surface area contributed by atoms with Crippen LogP contribution in [0.15, 0.2) is 13.6 Å². The molecule has 1 N–H and O–H groups in total. The third-order valence-electron chi connectivity index (χ3n) is 1.93. The molecule has 1 rings (SSSR count). The first-order valence-electron chi connectivity index (χ1n) is 4.81. The highest BCUT2D eigenvalue weighted by molar-refractivity contribution is 9.12. The van der Waals surface area contributed by atoms with E-state index in [0.29, 0.717) is 12.1 Å². The molecule has 0 radical (unpaired) electrons. The Morgan fingerprint density at radius 1 is 1.50 bits per heavy atom. The number of unbranched alkanes of at least 4 members (excludes halogenated alkanes) is 2. The van der Waals surface area contributed by atoms with Gasteiger partial charge in [-0.1, -0.05) is 0 Å². The molecule has 2 nitrogen and oxygen atoms in total. The molecule has 0 atom stereocenters. The van der Waals surface area contributed by atoms with Gasteiger partial charge >= 0.3 is 0 Å². The van der Waals surface area contributed by atoms with E-state index in [9.17, 15) is 4.79 Å². The number of hydrogen-bond acceptors (Lipinski definition) is 2. The molecule has 0 saturated carbocycles. The Hall–Kier alpha value is -0.310. The summed E-state index contributed by atoms with van der Waals surface area (Å²) in [7, 11) is 0. The molecule has 0 aromatic carbocycles. The van der Waals surface area contributed by atoms with Crippen molar-refractivity contribution in [3.63, 3.8) is 0 Å². The first kappa shape index (κ1) is 13.8. The zero-order chi connectivity index (χ0) is 12.0. The summed E-state index contributed by atoms with van der Waals surface area (Å²) < 4.78 is 1.79. The van der Waals surface area contributed by atoms with E-state index in [2.05, 4.69) is 43.1 Å². The number of terminal acetylenes is 1. The van der Waals surface area contributed by atoms with Crippen molar-refractivity contribution in [2.45, 2.75) is 19.3 Å². The SMILES string of the molecule is C#CCCCCNC(=O)c1cc(Br)sc1Br. The summed E-state index contributed by atoms with van der Waals surface area (Å²) in [4.78, 5) is 11.7. The zero-order valence-corrected chi connectivity index (χ0v) is 12.5. The molecule has 1 aromatic heterocycles. The average Bonchev–Trinajstić information content (AvgIpc) is 2.57. The van der Waals surface area contributed by atoms with Crippen LogP contribution in [0.3, 0.4) is 0 Å². The molecule has 1 aromatic rings. The van der Waals surface area contributed by atoms with Crippen LogP contribution < -0.4 is 5.32 Å². The highest BCUT2D eigenvalue weighted by Gasteiger charge is 2.12. The number of nitrogens with one attached hydrogen (secondary N) is 1. The molecule has 0 bridgehead atoms. The number of carbonyl (C=O) groups is 1. The Morgan fingerprint density at radius 3 is 2.81 bits per heavy atom. The second-order valence-corrected chi connectivity index (χ2v) is 6.90. The number of amides is 1. The molecule has 0 aliphatic rings. The minimum Gasteiger partial charge on any atom is -0.352 e. The molecular formula is C11H11Br2NOS. The quantitative estimate of drug-likeness (QED) is 0.624. The van der Waals surface area contributed by atoms with Crippen LogP contribution in [0.5, 0.6) is 0 Å². The van der Waals surface area contributed by atoms with Gasteiger partial charge in [0.1, 0.15) is 0 Å².